The second-order valence-electron chi connectivity index (χ2n) is 3.75. The summed E-state index contributed by atoms with van der Waals surface area (Å²) >= 11 is 0. The average Bonchev–Trinajstić information content (AvgIpc) is 2.36. The fraction of sp³-hybridized carbons (Fsp3) is 0.385. The van der Waals surface area contributed by atoms with Crippen molar-refractivity contribution in [3.8, 4) is 11.8 Å². The van der Waals surface area contributed by atoms with Crippen LogP contribution in [0.2, 0.25) is 0 Å². The lowest BCUT2D eigenvalue weighted by atomic mass is 9.97. The number of hydrogen-bond donors (Lipinski definition) is 1. The summed E-state index contributed by atoms with van der Waals surface area (Å²) in [6.07, 6.45) is 0.741. The minimum Gasteiger partial charge on any atom is -0.478 e. The molecule has 0 amide bonds. The van der Waals surface area contributed by atoms with Crippen LogP contribution in [0.15, 0.2) is 24.3 Å². The Morgan fingerprint density at radius 2 is 2.12 bits per heavy atom. The van der Waals surface area contributed by atoms with Crippen LogP contribution in [0, 0.1) is 11.3 Å². The molecule has 0 fully saturated rings. The Balaban J connectivity index is 3.02. The molecular weight excluding hydrogens is 218 g/mol. The largest absolute Gasteiger partial charge is 0.478 e. The van der Waals surface area contributed by atoms with Crippen molar-refractivity contribution in [2.75, 3.05) is 0 Å². The van der Waals surface area contributed by atoms with E-state index < -0.39 is 11.6 Å². The number of carboxylic acid groups (broad SMARTS) is 1. The van der Waals surface area contributed by atoms with Crippen molar-refractivity contribution in [1.82, 2.24) is 0 Å². The number of carboxylic acids is 1. The first-order valence-corrected chi connectivity index (χ1v) is 5.50. The van der Waals surface area contributed by atoms with Crippen LogP contribution in [0.25, 0.3) is 0 Å². The Bertz CT molecular complexity index is 444. The molecule has 1 N–H and O–H groups in total. The van der Waals surface area contributed by atoms with Crippen LogP contribution in [0.4, 0.5) is 0 Å². The van der Waals surface area contributed by atoms with Crippen LogP contribution >= 0.6 is 0 Å². The van der Waals surface area contributed by atoms with Gasteiger partial charge in [-0.05, 0) is 31.0 Å². The van der Waals surface area contributed by atoms with E-state index >= 15 is 0 Å². The van der Waals surface area contributed by atoms with Gasteiger partial charge in [0.25, 0.3) is 0 Å². The van der Waals surface area contributed by atoms with E-state index in [0.717, 1.165) is 0 Å². The first kappa shape index (κ1) is 13.0. The molecule has 0 unspecified atom stereocenters. The fourth-order valence-corrected chi connectivity index (χ4v) is 1.60. The molecule has 0 radical (unpaired) electrons. The number of nitrogens with zero attached hydrogens (tertiary/aromatic N) is 1. The molecule has 4 heteroatoms. The van der Waals surface area contributed by atoms with Gasteiger partial charge in [-0.2, -0.15) is 5.26 Å². The quantitative estimate of drug-likeness (QED) is 0.848. The van der Waals surface area contributed by atoms with Crippen molar-refractivity contribution in [2.24, 2.45) is 0 Å². The van der Waals surface area contributed by atoms with Gasteiger partial charge in [-0.15, -0.1) is 0 Å². The van der Waals surface area contributed by atoms with Crippen LogP contribution < -0.4 is 4.74 Å². The Morgan fingerprint density at radius 3 is 2.59 bits per heavy atom. The number of nitriles is 1. The molecule has 0 aliphatic heterocycles. The molecule has 0 aliphatic rings. The van der Waals surface area contributed by atoms with Gasteiger partial charge in [-0.1, -0.05) is 19.9 Å². The minimum atomic E-state index is -1.21. The summed E-state index contributed by atoms with van der Waals surface area (Å²) in [5.41, 5.74) is -0.761. The first-order valence-electron chi connectivity index (χ1n) is 5.50. The maximum atomic E-state index is 11.3. The minimum absolute atomic E-state index is 0.371. The average molecular weight is 233 g/mol. The fourth-order valence-electron chi connectivity index (χ4n) is 1.60. The Morgan fingerprint density at radius 1 is 1.47 bits per heavy atom. The summed E-state index contributed by atoms with van der Waals surface area (Å²) < 4.78 is 5.55. The molecule has 17 heavy (non-hydrogen) atoms. The SMILES string of the molecule is CCC(CC)(Oc1cccc(C#N)c1)C(=O)O. The second-order valence-corrected chi connectivity index (χ2v) is 3.75. The van der Waals surface area contributed by atoms with E-state index in [1.54, 1.807) is 38.1 Å². The highest BCUT2D eigenvalue weighted by atomic mass is 16.5. The number of benzene rings is 1. The van der Waals surface area contributed by atoms with Crippen molar-refractivity contribution >= 4 is 5.97 Å². The van der Waals surface area contributed by atoms with Crippen LogP contribution in [-0.2, 0) is 4.79 Å². The zero-order chi connectivity index (χ0) is 12.9. The van der Waals surface area contributed by atoms with Gasteiger partial charge in [0.05, 0.1) is 11.6 Å². The molecule has 1 aromatic carbocycles. The smallest absolute Gasteiger partial charge is 0.348 e. The Hall–Kier alpha value is -2.02. The van der Waals surface area contributed by atoms with E-state index in [2.05, 4.69) is 0 Å². The van der Waals surface area contributed by atoms with E-state index in [4.69, 9.17) is 10.00 Å². The maximum absolute atomic E-state index is 11.3. The van der Waals surface area contributed by atoms with Gasteiger partial charge in [0.15, 0.2) is 0 Å². The van der Waals surface area contributed by atoms with E-state index in [9.17, 15) is 9.90 Å². The lowest BCUT2D eigenvalue weighted by Gasteiger charge is -2.28. The summed E-state index contributed by atoms with van der Waals surface area (Å²) in [6, 6.07) is 8.51. The van der Waals surface area contributed by atoms with Crippen molar-refractivity contribution in [3.63, 3.8) is 0 Å². The number of hydrogen-bond acceptors (Lipinski definition) is 3. The molecular formula is C13H15NO3. The topological polar surface area (TPSA) is 70.3 Å². The predicted molar refractivity (Wildman–Crippen MR) is 62.7 cm³/mol. The van der Waals surface area contributed by atoms with Crippen molar-refractivity contribution in [2.45, 2.75) is 32.3 Å². The summed E-state index contributed by atoms with van der Waals surface area (Å²) in [5.74, 6) is -0.569. The zero-order valence-corrected chi connectivity index (χ0v) is 9.93. The molecule has 0 atom stereocenters. The molecule has 0 saturated heterocycles. The standard InChI is InChI=1S/C13H15NO3/c1-3-13(4-2,12(15)16)17-11-7-5-6-10(8-11)9-14/h5-8H,3-4H2,1-2H3,(H,15,16). The third-order valence-corrected chi connectivity index (χ3v) is 2.81. The van der Waals surface area contributed by atoms with Crippen LogP contribution in [0.5, 0.6) is 5.75 Å². The van der Waals surface area contributed by atoms with Crippen LogP contribution in [0.1, 0.15) is 32.3 Å². The number of rotatable bonds is 5. The Labute approximate surface area is 100 Å². The summed E-state index contributed by atoms with van der Waals surface area (Å²) in [5, 5.41) is 18.0. The van der Waals surface area contributed by atoms with Gasteiger partial charge in [0, 0.05) is 0 Å². The maximum Gasteiger partial charge on any atom is 0.348 e. The van der Waals surface area contributed by atoms with Crippen molar-refractivity contribution in [1.29, 1.82) is 5.26 Å². The highest BCUT2D eigenvalue weighted by Crippen LogP contribution is 2.25. The molecule has 0 aliphatic carbocycles. The predicted octanol–water partition coefficient (Wildman–Crippen LogP) is 2.58. The molecule has 0 heterocycles. The monoisotopic (exact) mass is 233 g/mol. The lowest BCUT2D eigenvalue weighted by Crippen LogP contribution is -2.43. The highest BCUT2D eigenvalue weighted by Gasteiger charge is 2.37. The molecule has 90 valence electrons. The molecule has 1 rings (SSSR count). The van der Waals surface area contributed by atoms with Crippen LogP contribution in [-0.4, -0.2) is 16.7 Å². The summed E-state index contributed by atoms with van der Waals surface area (Å²) in [6.45, 7) is 3.54. The normalized spacial score (nSPS) is 10.6. The molecule has 0 aromatic heterocycles. The van der Waals surface area contributed by atoms with Gasteiger partial charge in [0.2, 0.25) is 5.60 Å². The molecule has 0 saturated carbocycles. The number of ether oxygens (including phenoxy) is 1. The second kappa shape index (κ2) is 5.35. The third-order valence-electron chi connectivity index (χ3n) is 2.81. The first-order chi connectivity index (χ1) is 8.07. The highest BCUT2D eigenvalue weighted by molar-refractivity contribution is 5.77. The number of carbonyl (C=O) groups is 1. The number of aliphatic carboxylic acids is 1. The van der Waals surface area contributed by atoms with Gasteiger partial charge >= 0.3 is 5.97 Å². The van der Waals surface area contributed by atoms with Gasteiger partial charge in [-0.25, -0.2) is 4.79 Å². The van der Waals surface area contributed by atoms with E-state index in [1.807, 2.05) is 6.07 Å². The van der Waals surface area contributed by atoms with Crippen molar-refractivity contribution in [3.05, 3.63) is 29.8 Å². The molecule has 0 spiro atoms. The Kier molecular flexibility index (Phi) is 4.11. The molecule has 4 nitrogen and oxygen atoms in total. The molecule has 1 aromatic rings. The summed E-state index contributed by atoms with van der Waals surface area (Å²) in [7, 11) is 0. The van der Waals surface area contributed by atoms with Gasteiger partial charge < -0.3 is 9.84 Å². The van der Waals surface area contributed by atoms with Gasteiger partial charge in [0.1, 0.15) is 5.75 Å². The van der Waals surface area contributed by atoms with E-state index in [-0.39, 0.29) is 0 Å². The molecule has 0 bridgehead atoms. The van der Waals surface area contributed by atoms with Gasteiger partial charge in [-0.3, -0.25) is 0 Å². The zero-order valence-electron chi connectivity index (χ0n) is 9.93. The van der Waals surface area contributed by atoms with Crippen LogP contribution in [0.3, 0.4) is 0 Å². The third kappa shape index (κ3) is 2.76. The van der Waals surface area contributed by atoms with E-state index in [1.165, 1.54) is 0 Å². The van der Waals surface area contributed by atoms with Crippen molar-refractivity contribution < 1.29 is 14.6 Å². The lowest BCUT2D eigenvalue weighted by molar-refractivity contribution is -0.156. The summed E-state index contributed by atoms with van der Waals surface area (Å²) in [4.78, 5) is 11.3. The van der Waals surface area contributed by atoms with E-state index in [0.29, 0.717) is 24.2 Å².